The number of anilines is 1. The summed E-state index contributed by atoms with van der Waals surface area (Å²) in [5.41, 5.74) is 2.55. The molecule has 0 spiro atoms. The van der Waals surface area contributed by atoms with Crippen molar-refractivity contribution in [1.82, 2.24) is 9.55 Å². The Labute approximate surface area is 205 Å². The Bertz CT molecular complexity index is 1030. The number of pyridine rings is 1. The summed E-state index contributed by atoms with van der Waals surface area (Å²) >= 11 is 0. The number of aliphatic hydroxyl groups is 1. The number of halogens is 3. The molecular formula is C25H36F3N3O3Si. The zero-order valence-electron chi connectivity index (χ0n) is 20.7. The second kappa shape index (κ2) is 10.6. The average Bonchev–Trinajstić information content (AvgIpc) is 3.19. The van der Waals surface area contributed by atoms with Gasteiger partial charge in [-0.25, -0.2) is 4.98 Å². The number of fused-ring (bicyclic) bond motifs is 3. The zero-order chi connectivity index (χ0) is 25.2. The maximum atomic E-state index is 12.4. The molecule has 1 fully saturated rings. The fourth-order valence-corrected chi connectivity index (χ4v) is 5.63. The van der Waals surface area contributed by atoms with Gasteiger partial charge in [0.1, 0.15) is 25.1 Å². The zero-order valence-corrected chi connectivity index (χ0v) is 21.7. The molecular weight excluding hydrogens is 475 g/mol. The number of nitrogens with zero attached hydrogens (tertiary/aromatic N) is 3. The topological polar surface area (TPSA) is 59.8 Å². The monoisotopic (exact) mass is 511 g/mol. The van der Waals surface area contributed by atoms with Gasteiger partial charge in [-0.1, -0.05) is 19.6 Å². The maximum Gasteiger partial charge on any atom is 0.411 e. The smallest absolute Gasteiger partial charge is 0.384 e. The maximum absolute atomic E-state index is 12.4. The molecule has 194 valence electrons. The van der Waals surface area contributed by atoms with Gasteiger partial charge in [0.05, 0.1) is 5.69 Å². The molecule has 10 heteroatoms. The van der Waals surface area contributed by atoms with Gasteiger partial charge in [0.2, 0.25) is 0 Å². The van der Waals surface area contributed by atoms with Gasteiger partial charge in [-0.05, 0) is 49.8 Å². The van der Waals surface area contributed by atoms with E-state index in [1.54, 1.807) is 12.3 Å². The molecule has 0 amide bonds. The van der Waals surface area contributed by atoms with E-state index in [4.69, 9.17) is 9.47 Å². The molecule has 0 saturated heterocycles. The number of hydrogen-bond acceptors (Lipinski definition) is 5. The Balaban J connectivity index is 1.45. The SMILES string of the molecule is C[Si](C)(C)CCOCn1ccc2c3c(cnc21)C(O)C=CN3C1CCC(COCC(F)(F)F)CC1. The fourth-order valence-electron chi connectivity index (χ4n) is 4.88. The first kappa shape index (κ1) is 26.2. The standard InChI is InChI=1S/C25H36F3N3O3Si/c1-35(2,3)13-12-33-17-30-10-8-20-23-21(14-29-24(20)30)22(32)9-11-31(23)19-6-4-18(5-7-19)15-34-16-25(26,27)28/h8-11,14,18-19,22,32H,4-7,12-13,15-17H2,1-3H3. The summed E-state index contributed by atoms with van der Waals surface area (Å²) in [6.07, 6.45) is 5.75. The largest absolute Gasteiger partial charge is 0.411 e. The van der Waals surface area contributed by atoms with Crippen molar-refractivity contribution in [2.75, 3.05) is 24.7 Å². The molecule has 35 heavy (non-hydrogen) atoms. The minimum Gasteiger partial charge on any atom is -0.384 e. The van der Waals surface area contributed by atoms with Gasteiger partial charge in [0, 0.05) is 56.9 Å². The van der Waals surface area contributed by atoms with Crippen LogP contribution in [0.4, 0.5) is 18.9 Å². The van der Waals surface area contributed by atoms with E-state index < -0.39 is 27.0 Å². The normalized spacial score (nSPS) is 23.2. The van der Waals surface area contributed by atoms with E-state index in [0.29, 0.717) is 6.73 Å². The van der Waals surface area contributed by atoms with E-state index in [-0.39, 0.29) is 18.6 Å². The number of rotatable bonds is 9. The van der Waals surface area contributed by atoms with Gasteiger partial charge in [-0.2, -0.15) is 13.2 Å². The highest BCUT2D eigenvalue weighted by Crippen LogP contribution is 2.41. The van der Waals surface area contributed by atoms with Crippen molar-refractivity contribution in [3.8, 4) is 0 Å². The highest BCUT2D eigenvalue weighted by Gasteiger charge is 2.32. The lowest BCUT2D eigenvalue weighted by Gasteiger charge is -2.39. The molecule has 1 aliphatic heterocycles. The molecule has 4 rings (SSSR count). The molecule has 1 atom stereocenters. The van der Waals surface area contributed by atoms with Crippen molar-refractivity contribution in [2.45, 2.75) is 76.4 Å². The van der Waals surface area contributed by atoms with Crippen LogP contribution in [0.1, 0.15) is 37.4 Å². The quantitative estimate of drug-likeness (QED) is 0.338. The van der Waals surface area contributed by atoms with Gasteiger partial charge >= 0.3 is 6.18 Å². The van der Waals surface area contributed by atoms with Crippen molar-refractivity contribution in [2.24, 2.45) is 5.92 Å². The first-order valence-electron chi connectivity index (χ1n) is 12.4. The molecule has 2 aromatic heterocycles. The number of aliphatic hydroxyl groups excluding tert-OH is 1. The number of aromatic nitrogens is 2. The van der Waals surface area contributed by atoms with Gasteiger partial charge in [0.25, 0.3) is 0 Å². The van der Waals surface area contributed by atoms with E-state index in [1.165, 1.54) is 0 Å². The molecule has 0 radical (unpaired) electrons. The van der Waals surface area contributed by atoms with E-state index >= 15 is 0 Å². The summed E-state index contributed by atoms with van der Waals surface area (Å²) in [6, 6.07) is 3.33. The Morgan fingerprint density at radius 1 is 1.14 bits per heavy atom. The lowest BCUT2D eigenvalue weighted by Crippen LogP contribution is -2.37. The minimum absolute atomic E-state index is 0.138. The van der Waals surface area contributed by atoms with Crippen LogP contribution in [0.3, 0.4) is 0 Å². The van der Waals surface area contributed by atoms with Crippen LogP contribution in [-0.2, 0) is 16.2 Å². The third-order valence-corrected chi connectivity index (χ3v) is 8.55. The summed E-state index contributed by atoms with van der Waals surface area (Å²) in [7, 11) is -1.16. The molecule has 0 bridgehead atoms. The van der Waals surface area contributed by atoms with E-state index in [2.05, 4.69) is 29.5 Å². The summed E-state index contributed by atoms with van der Waals surface area (Å²) in [6.45, 7) is 7.09. The molecule has 0 aromatic carbocycles. The third kappa shape index (κ3) is 6.66. The van der Waals surface area contributed by atoms with Gasteiger partial charge in [0.15, 0.2) is 0 Å². The lowest BCUT2D eigenvalue weighted by atomic mass is 9.85. The molecule has 1 unspecified atom stereocenters. The summed E-state index contributed by atoms with van der Waals surface area (Å²) in [4.78, 5) is 6.86. The van der Waals surface area contributed by atoms with Gasteiger partial charge in [-0.15, -0.1) is 0 Å². The van der Waals surface area contributed by atoms with Crippen molar-refractivity contribution in [3.05, 3.63) is 36.3 Å². The molecule has 1 saturated carbocycles. The Morgan fingerprint density at radius 3 is 2.57 bits per heavy atom. The Kier molecular flexibility index (Phi) is 7.94. The summed E-state index contributed by atoms with van der Waals surface area (Å²) in [5, 5.41) is 11.6. The van der Waals surface area contributed by atoms with Crippen LogP contribution in [0, 0.1) is 5.92 Å². The average molecular weight is 512 g/mol. The van der Waals surface area contributed by atoms with Crippen LogP contribution in [0.15, 0.2) is 30.7 Å². The molecule has 2 aromatic rings. The summed E-state index contributed by atoms with van der Waals surface area (Å²) in [5.74, 6) is 0.138. The van der Waals surface area contributed by atoms with E-state index in [0.717, 1.165) is 60.6 Å². The van der Waals surface area contributed by atoms with Crippen molar-refractivity contribution >= 4 is 24.8 Å². The van der Waals surface area contributed by atoms with Crippen LogP contribution < -0.4 is 4.90 Å². The summed E-state index contributed by atoms with van der Waals surface area (Å²) < 4.78 is 50.0. The van der Waals surface area contributed by atoms with Crippen LogP contribution in [0.5, 0.6) is 0 Å². The first-order chi connectivity index (χ1) is 16.5. The Hall–Kier alpha value is -1.88. The van der Waals surface area contributed by atoms with Crippen molar-refractivity contribution in [3.63, 3.8) is 0 Å². The lowest BCUT2D eigenvalue weighted by molar-refractivity contribution is -0.177. The minimum atomic E-state index is -4.28. The van der Waals surface area contributed by atoms with Crippen molar-refractivity contribution < 1.29 is 27.8 Å². The second-order valence-corrected chi connectivity index (χ2v) is 16.6. The van der Waals surface area contributed by atoms with Crippen LogP contribution >= 0.6 is 0 Å². The van der Waals surface area contributed by atoms with Crippen molar-refractivity contribution in [1.29, 1.82) is 0 Å². The van der Waals surface area contributed by atoms with Gasteiger partial charge < -0.3 is 24.0 Å². The third-order valence-electron chi connectivity index (χ3n) is 6.85. The molecule has 2 aliphatic rings. The van der Waals surface area contributed by atoms with Gasteiger partial charge in [-0.3, -0.25) is 0 Å². The first-order valence-corrected chi connectivity index (χ1v) is 16.1. The fraction of sp³-hybridized carbons (Fsp3) is 0.640. The molecule has 3 heterocycles. The molecule has 1 N–H and O–H groups in total. The van der Waals surface area contributed by atoms with Crippen LogP contribution in [0.2, 0.25) is 25.7 Å². The Morgan fingerprint density at radius 2 is 1.89 bits per heavy atom. The predicted molar refractivity (Wildman–Crippen MR) is 133 cm³/mol. The van der Waals surface area contributed by atoms with E-state index in [1.807, 2.05) is 23.0 Å². The van der Waals surface area contributed by atoms with Crippen LogP contribution in [-0.4, -0.2) is 54.8 Å². The highest BCUT2D eigenvalue weighted by molar-refractivity contribution is 6.76. The molecule has 1 aliphatic carbocycles. The van der Waals surface area contributed by atoms with E-state index in [9.17, 15) is 18.3 Å². The highest BCUT2D eigenvalue weighted by atomic mass is 28.3. The number of alkyl halides is 3. The second-order valence-electron chi connectivity index (χ2n) is 10.9. The predicted octanol–water partition coefficient (Wildman–Crippen LogP) is 5.85. The number of hydrogen-bond donors (Lipinski definition) is 1. The van der Waals surface area contributed by atoms with Crippen LogP contribution in [0.25, 0.3) is 11.0 Å². The molecule has 6 nitrogen and oxygen atoms in total. The number of ether oxygens (including phenoxy) is 2.